The summed E-state index contributed by atoms with van der Waals surface area (Å²) in [5.41, 5.74) is 1.45. The van der Waals surface area contributed by atoms with E-state index < -0.39 is 5.41 Å². The minimum absolute atomic E-state index is 0.0259. The largest absolute Gasteiger partial charge is 0.350 e. The summed E-state index contributed by atoms with van der Waals surface area (Å²) in [6.07, 6.45) is 6.55. The molecule has 2 aliphatic rings. The summed E-state index contributed by atoms with van der Waals surface area (Å²) in [5.74, 6) is 1.06. The number of piperidine rings is 1. The van der Waals surface area contributed by atoms with Crippen molar-refractivity contribution in [2.45, 2.75) is 44.2 Å². The Labute approximate surface area is 165 Å². The van der Waals surface area contributed by atoms with E-state index >= 15 is 0 Å². The van der Waals surface area contributed by atoms with Gasteiger partial charge in [0.05, 0.1) is 23.9 Å². The Morgan fingerprint density at radius 2 is 1.93 bits per heavy atom. The van der Waals surface area contributed by atoms with Crippen molar-refractivity contribution in [3.8, 4) is 0 Å². The second-order valence-corrected chi connectivity index (χ2v) is 7.58. The smallest absolute Gasteiger partial charge is 0.245 e. The average molecular weight is 378 g/mol. The molecule has 6 nitrogen and oxygen atoms in total. The Bertz CT molecular complexity index is 879. The molecule has 0 spiro atoms. The lowest BCUT2D eigenvalue weighted by molar-refractivity contribution is -0.134. The average Bonchev–Trinajstić information content (AvgIpc) is 3.36. The van der Waals surface area contributed by atoms with Crippen molar-refractivity contribution in [1.82, 2.24) is 19.8 Å². The maximum absolute atomic E-state index is 13.4. The first-order valence-corrected chi connectivity index (χ1v) is 9.92. The van der Waals surface area contributed by atoms with E-state index in [4.69, 9.17) is 0 Å². The molecule has 1 aromatic carbocycles. The first kappa shape index (κ1) is 18.5. The summed E-state index contributed by atoms with van der Waals surface area (Å²) >= 11 is 0. The molecule has 0 unspecified atom stereocenters. The fourth-order valence-electron chi connectivity index (χ4n) is 4.44. The molecule has 0 radical (unpaired) electrons. The SMILES string of the molecule is C=CC(=O)N1CCC(C(=O)NCc2cnc3n2CCC3)(c2ccccc2)CC1. The normalized spacial score (nSPS) is 17.8. The van der Waals surface area contributed by atoms with Crippen molar-refractivity contribution >= 4 is 11.8 Å². The summed E-state index contributed by atoms with van der Waals surface area (Å²) in [4.78, 5) is 31.6. The Morgan fingerprint density at radius 1 is 1.18 bits per heavy atom. The minimum Gasteiger partial charge on any atom is -0.350 e. The van der Waals surface area contributed by atoms with Gasteiger partial charge in [0, 0.05) is 26.1 Å². The number of imidazole rings is 1. The molecular formula is C22H26N4O2. The Hall–Kier alpha value is -2.89. The zero-order chi connectivity index (χ0) is 19.6. The van der Waals surface area contributed by atoms with E-state index in [0.29, 0.717) is 32.5 Å². The maximum Gasteiger partial charge on any atom is 0.245 e. The molecule has 3 heterocycles. The van der Waals surface area contributed by atoms with Gasteiger partial charge in [-0.1, -0.05) is 36.9 Å². The van der Waals surface area contributed by atoms with Crippen LogP contribution in [0.1, 0.15) is 36.3 Å². The molecule has 0 bridgehead atoms. The molecule has 2 aliphatic heterocycles. The molecule has 6 heteroatoms. The monoisotopic (exact) mass is 378 g/mol. The van der Waals surface area contributed by atoms with Gasteiger partial charge in [-0.15, -0.1) is 0 Å². The summed E-state index contributed by atoms with van der Waals surface area (Å²) in [6, 6.07) is 9.92. The quantitative estimate of drug-likeness (QED) is 0.811. The summed E-state index contributed by atoms with van der Waals surface area (Å²) in [7, 11) is 0. The van der Waals surface area contributed by atoms with Crippen LogP contribution in [-0.2, 0) is 34.5 Å². The van der Waals surface area contributed by atoms with Crippen molar-refractivity contribution in [2.24, 2.45) is 0 Å². The topological polar surface area (TPSA) is 67.2 Å². The van der Waals surface area contributed by atoms with Crippen LogP contribution in [0.5, 0.6) is 0 Å². The van der Waals surface area contributed by atoms with E-state index in [1.54, 1.807) is 4.90 Å². The number of rotatable bonds is 5. The predicted molar refractivity (Wildman–Crippen MR) is 107 cm³/mol. The lowest BCUT2D eigenvalue weighted by Crippen LogP contribution is -2.52. The van der Waals surface area contributed by atoms with E-state index in [-0.39, 0.29) is 11.8 Å². The molecule has 28 heavy (non-hydrogen) atoms. The molecule has 2 aromatic rings. The number of fused-ring (bicyclic) bond motifs is 1. The van der Waals surface area contributed by atoms with Crippen LogP contribution in [0.15, 0.2) is 49.2 Å². The van der Waals surface area contributed by atoms with E-state index in [9.17, 15) is 9.59 Å². The second kappa shape index (κ2) is 7.62. The van der Waals surface area contributed by atoms with Gasteiger partial charge in [0.1, 0.15) is 5.82 Å². The van der Waals surface area contributed by atoms with Crippen molar-refractivity contribution in [3.63, 3.8) is 0 Å². The van der Waals surface area contributed by atoms with Crippen LogP contribution in [-0.4, -0.2) is 39.4 Å². The standard InChI is InChI=1S/C22H26N4O2/c1-2-20(27)25-13-10-22(11-14-25,17-7-4-3-5-8-17)21(28)24-16-18-15-23-19-9-6-12-26(18)19/h2-5,7-8,15H,1,6,9-14,16H2,(H,24,28). The molecule has 1 saturated heterocycles. The molecule has 0 aliphatic carbocycles. The molecule has 0 atom stereocenters. The molecule has 2 amide bonds. The highest BCUT2D eigenvalue weighted by Crippen LogP contribution is 2.36. The zero-order valence-corrected chi connectivity index (χ0v) is 16.1. The number of carbonyl (C=O) groups excluding carboxylic acids is 2. The predicted octanol–water partition coefficient (Wildman–Crippen LogP) is 2.19. The van der Waals surface area contributed by atoms with Gasteiger partial charge in [0.15, 0.2) is 0 Å². The van der Waals surface area contributed by atoms with Gasteiger partial charge < -0.3 is 14.8 Å². The Kier molecular flexibility index (Phi) is 5.03. The fourth-order valence-corrected chi connectivity index (χ4v) is 4.44. The fraction of sp³-hybridized carbons (Fsp3) is 0.409. The van der Waals surface area contributed by atoms with E-state index in [2.05, 4.69) is 21.4 Å². The molecule has 0 saturated carbocycles. The highest BCUT2D eigenvalue weighted by molar-refractivity contribution is 5.90. The number of aromatic nitrogens is 2. The number of nitrogens with zero attached hydrogens (tertiary/aromatic N) is 3. The molecule has 146 valence electrons. The van der Waals surface area contributed by atoms with Crippen LogP contribution in [0.3, 0.4) is 0 Å². The number of nitrogens with one attached hydrogen (secondary N) is 1. The number of carbonyl (C=O) groups is 2. The summed E-state index contributed by atoms with van der Waals surface area (Å²) < 4.78 is 2.21. The van der Waals surface area contributed by atoms with Crippen LogP contribution in [0.25, 0.3) is 0 Å². The zero-order valence-electron chi connectivity index (χ0n) is 16.1. The highest BCUT2D eigenvalue weighted by Gasteiger charge is 2.43. The van der Waals surface area contributed by atoms with Crippen molar-refractivity contribution in [3.05, 3.63) is 66.3 Å². The first-order chi connectivity index (χ1) is 13.6. The van der Waals surface area contributed by atoms with Gasteiger partial charge in [-0.05, 0) is 30.9 Å². The summed E-state index contributed by atoms with van der Waals surface area (Å²) in [5, 5.41) is 3.16. The molecule has 1 aromatic heterocycles. The Balaban J connectivity index is 1.53. The van der Waals surface area contributed by atoms with Gasteiger partial charge in [-0.3, -0.25) is 9.59 Å². The third-order valence-corrected chi connectivity index (χ3v) is 6.10. The number of aryl methyl sites for hydroxylation is 1. The van der Waals surface area contributed by atoms with E-state index in [1.165, 1.54) is 6.08 Å². The third kappa shape index (κ3) is 3.23. The molecule has 4 rings (SSSR count). The molecule has 1 fully saturated rings. The van der Waals surface area contributed by atoms with Crippen molar-refractivity contribution < 1.29 is 9.59 Å². The third-order valence-electron chi connectivity index (χ3n) is 6.10. The van der Waals surface area contributed by atoms with Gasteiger partial charge in [-0.25, -0.2) is 4.98 Å². The first-order valence-electron chi connectivity index (χ1n) is 9.92. The Morgan fingerprint density at radius 3 is 2.64 bits per heavy atom. The van der Waals surface area contributed by atoms with Crippen LogP contribution < -0.4 is 5.32 Å². The molecular weight excluding hydrogens is 352 g/mol. The number of hydrogen-bond acceptors (Lipinski definition) is 3. The van der Waals surface area contributed by atoms with Crippen LogP contribution in [0.4, 0.5) is 0 Å². The van der Waals surface area contributed by atoms with E-state index in [0.717, 1.165) is 36.5 Å². The lowest BCUT2D eigenvalue weighted by Gasteiger charge is -2.40. The number of likely N-dealkylation sites (tertiary alicyclic amines) is 1. The lowest BCUT2D eigenvalue weighted by atomic mass is 9.72. The minimum atomic E-state index is -0.618. The van der Waals surface area contributed by atoms with Crippen LogP contribution >= 0.6 is 0 Å². The number of hydrogen-bond donors (Lipinski definition) is 1. The maximum atomic E-state index is 13.4. The van der Waals surface area contributed by atoms with Gasteiger partial charge >= 0.3 is 0 Å². The highest BCUT2D eigenvalue weighted by atomic mass is 16.2. The molecule has 1 N–H and O–H groups in total. The second-order valence-electron chi connectivity index (χ2n) is 7.58. The van der Waals surface area contributed by atoms with Gasteiger partial charge in [-0.2, -0.15) is 0 Å². The van der Waals surface area contributed by atoms with Gasteiger partial charge in [0.2, 0.25) is 11.8 Å². The van der Waals surface area contributed by atoms with Crippen molar-refractivity contribution in [2.75, 3.05) is 13.1 Å². The van der Waals surface area contributed by atoms with E-state index in [1.807, 2.05) is 36.5 Å². The summed E-state index contributed by atoms with van der Waals surface area (Å²) in [6.45, 7) is 6.13. The van der Waals surface area contributed by atoms with Gasteiger partial charge in [0.25, 0.3) is 0 Å². The number of amides is 2. The van der Waals surface area contributed by atoms with Crippen LogP contribution in [0, 0.1) is 0 Å². The number of benzene rings is 1. The van der Waals surface area contributed by atoms with Crippen molar-refractivity contribution in [1.29, 1.82) is 0 Å². The van der Waals surface area contributed by atoms with Crippen LogP contribution in [0.2, 0.25) is 0 Å².